The van der Waals surface area contributed by atoms with Crippen molar-refractivity contribution in [2.45, 2.75) is 38.1 Å². The minimum atomic E-state index is 0.333. The largest absolute Gasteiger partial charge is 0.508 e. The summed E-state index contributed by atoms with van der Waals surface area (Å²) >= 11 is 0. The van der Waals surface area contributed by atoms with Crippen LogP contribution in [0, 0.1) is 0 Å². The molecule has 1 aliphatic carbocycles. The first-order valence-corrected chi connectivity index (χ1v) is 5.40. The van der Waals surface area contributed by atoms with Gasteiger partial charge in [0, 0.05) is 11.7 Å². The molecule has 1 fully saturated rings. The molecular weight excluding hydrogens is 174 g/mol. The van der Waals surface area contributed by atoms with Gasteiger partial charge < -0.3 is 10.4 Å². The van der Waals surface area contributed by atoms with Crippen LogP contribution in [-0.2, 0) is 0 Å². The first-order chi connectivity index (χ1) is 6.84. The zero-order valence-corrected chi connectivity index (χ0v) is 8.37. The van der Waals surface area contributed by atoms with E-state index in [0.717, 1.165) is 5.69 Å². The molecule has 2 N–H and O–H groups in total. The van der Waals surface area contributed by atoms with Crippen LogP contribution >= 0.6 is 0 Å². The number of anilines is 1. The van der Waals surface area contributed by atoms with Crippen molar-refractivity contribution in [1.82, 2.24) is 0 Å². The second-order valence-corrected chi connectivity index (χ2v) is 4.03. The van der Waals surface area contributed by atoms with E-state index < -0.39 is 0 Å². The van der Waals surface area contributed by atoms with E-state index in [2.05, 4.69) is 5.32 Å². The first kappa shape index (κ1) is 9.38. The second-order valence-electron chi connectivity index (χ2n) is 4.03. The van der Waals surface area contributed by atoms with Crippen molar-refractivity contribution in [3.05, 3.63) is 24.3 Å². The Labute approximate surface area is 85.0 Å². The molecule has 1 saturated carbocycles. The van der Waals surface area contributed by atoms with Crippen molar-refractivity contribution in [3.8, 4) is 5.75 Å². The van der Waals surface area contributed by atoms with E-state index in [0.29, 0.717) is 11.8 Å². The Bertz CT molecular complexity index is 275. The monoisotopic (exact) mass is 191 g/mol. The molecule has 14 heavy (non-hydrogen) atoms. The highest BCUT2D eigenvalue weighted by atomic mass is 16.3. The fourth-order valence-corrected chi connectivity index (χ4v) is 2.04. The minimum absolute atomic E-state index is 0.333. The maximum atomic E-state index is 9.13. The number of rotatable bonds is 2. The summed E-state index contributed by atoms with van der Waals surface area (Å²) in [5.41, 5.74) is 1.12. The highest BCUT2D eigenvalue weighted by molar-refractivity contribution is 5.46. The Hall–Kier alpha value is -1.18. The van der Waals surface area contributed by atoms with Gasteiger partial charge in [-0.15, -0.1) is 0 Å². The van der Waals surface area contributed by atoms with Crippen LogP contribution in [0.4, 0.5) is 5.69 Å². The number of hydrogen-bond acceptors (Lipinski definition) is 2. The van der Waals surface area contributed by atoms with Crippen LogP contribution in [0.1, 0.15) is 32.1 Å². The molecule has 2 nitrogen and oxygen atoms in total. The van der Waals surface area contributed by atoms with Crippen LogP contribution in [-0.4, -0.2) is 11.1 Å². The predicted octanol–water partition coefficient (Wildman–Crippen LogP) is 3.14. The van der Waals surface area contributed by atoms with E-state index in [4.69, 9.17) is 5.11 Å². The third-order valence-corrected chi connectivity index (χ3v) is 2.84. The van der Waals surface area contributed by atoms with Gasteiger partial charge in [0.25, 0.3) is 0 Å². The molecule has 1 aromatic rings. The van der Waals surface area contributed by atoms with Gasteiger partial charge in [-0.05, 0) is 37.1 Å². The van der Waals surface area contributed by atoms with Crippen LogP contribution < -0.4 is 5.32 Å². The van der Waals surface area contributed by atoms with Gasteiger partial charge in [-0.25, -0.2) is 0 Å². The molecule has 0 spiro atoms. The lowest BCUT2D eigenvalue weighted by Crippen LogP contribution is -2.21. The molecule has 2 heteroatoms. The van der Waals surface area contributed by atoms with E-state index in [9.17, 15) is 0 Å². The standard InChI is InChI=1S/C12H17NO/c14-12-8-6-11(7-9-12)13-10-4-2-1-3-5-10/h6-10,13-14H,1-5H2. The summed E-state index contributed by atoms with van der Waals surface area (Å²) in [6.07, 6.45) is 6.63. The summed E-state index contributed by atoms with van der Waals surface area (Å²) < 4.78 is 0. The summed E-state index contributed by atoms with van der Waals surface area (Å²) in [5.74, 6) is 0.333. The van der Waals surface area contributed by atoms with Gasteiger partial charge in [-0.3, -0.25) is 0 Å². The van der Waals surface area contributed by atoms with E-state index in [1.54, 1.807) is 12.1 Å². The third-order valence-electron chi connectivity index (χ3n) is 2.84. The molecule has 76 valence electrons. The van der Waals surface area contributed by atoms with Gasteiger partial charge in [-0.2, -0.15) is 0 Å². The maximum Gasteiger partial charge on any atom is 0.115 e. The van der Waals surface area contributed by atoms with E-state index in [1.165, 1.54) is 32.1 Å². The summed E-state index contributed by atoms with van der Waals surface area (Å²) in [6, 6.07) is 7.96. The summed E-state index contributed by atoms with van der Waals surface area (Å²) in [7, 11) is 0. The van der Waals surface area contributed by atoms with E-state index in [1.807, 2.05) is 12.1 Å². The molecule has 2 rings (SSSR count). The van der Waals surface area contributed by atoms with Crippen LogP contribution in [0.25, 0.3) is 0 Å². The quantitative estimate of drug-likeness (QED) is 0.704. The van der Waals surface area contributed by atoms with Crippen LogP contribution in [0.15, 0.2) is 24.3 Å². The molecule has 0 unspecified atom stereocenters. The lowest BCUT2D eigenvalue weighted by molar-refractivity contribution is 0.462. The molecule has 0 aromatic heterocycles. The fourth-order valence-electron chi connectivity index (χ4n) is 2.04. The van der Waals surface area contributed by atoms with Crippen molar-refractivity contribution in [2.24, 2.45) is 0 Å². The number of phenolic OH excluding ortho intramolecular Hbond substituents is 1. The molecule has 0 bridgehead atoms. The number of phenols is 1. The topological polar surface area (TPSA) is 32.3 Å². The molecule has 0 atom stereocenters. The second kappa shape index (κ2) is 4.36. The van der Waals surface area contributed by atoms with Crippen LogP contribution in [0.3, 0.4) is 0 Å². The minimum Gasteiger partial charge on any atom is -0.508 e. The van der Waals surface area contributed by atoms with Gasteiger partial charge in [0.1, 0.15) is 5.75 Å². The van der Waals surface area contributed by atoms with Gasteiger partial charge >= 0.3 is 0 Å². The van der Waals surface area contributed by atoms with Crippen LogP contribution in [0.5, 0.6) is 5.75 Å². The summed E-state index contributed by atoms with van der Waals surface area (Å²) in [6.45, 7) is 0. The average molecular weight is 191 g/mol. The third kappa shape index (κ3) is 2.41. The zero-order chi connectivity index (χ0) is 9.80. The number of benzene rings is 1. The van der Waals surface area contributed by atoms with Gasteiger partial charge in [0.05, 0.1) is 0 Å². The Morgan fingerprint density at radius 2 is 1.64 bits per heavy atom. The molecule has 1 aliphatic rings. The molecule has 0 radical (unpaired) electrons. The number of nitrogens with one attached hydrogen (secondary N) is 1. The van der Waals surface area contributed by atoms with E-state index in [-0.39, 0.29) is 0 Å². The highest BCUT2D eigenvalue weighted by Crippen LogP contribution is 2.22. The van der Waals surface area contributed by atoms with Crippen molar-refractivity contribution in [3.63, 3.8) is 0 Å². The van der Waals surface area contributed by atoms with Gasteiger partial charge in [-0.1, -0.05) is 19.3 Å². The SMILES string of the molecule is Oc1ccc(NC2CCCCC2)cc1. The Morgan fingerprint density at radius 1 is 1.00 bits per heavy atom. The van der Waals surface area contributed by atoms with Gasteiger partial charge in [0.2, 0.25) is 0 Å². The molecule has 1 aromatic carbocycles. The first-order valence-electron chi connectivity index (χ1n) is 5.40. The van der Waals surface area contributed by atoms with Gasteiger partial charge in [0.15, 0.2) is 0 Å². The van der Waals surface area contributed by atoms with E-state index >= 15 is 0 Å². The number of aromatic hydroxyl groups is 1. The highest BCUT2D eigenvalue weighted by Gasteiger charge is 2.12. The summed E-state index contributed by atoms with van der Waals surface area (Å²) in [4.78, 5) is 0. The molecule has 0 heterocycles. The number of hydrogen-bond donors (Lipinski definition) is 2. The van der Waals surface area contributed by atoms with Crippen molar-refractivity contribution in [1.29, 1.82) is 0 Å². The van der Waals surface area contributed by atoms with Crippen molar-refractivity contribution < 1.29 is 5.11 Å². The average Bonchev–Trinajstić information content (AvgIpc) is 2.23. The van der Waals surface area contributed by atoms with Crippen molar-refractivity contribution >= 4 is 5.69 Å². The normalized spacial score (nSPS) is 18.0. The molecular formula is C12H17NO. The lowest BCUT2D eigenvalue weighted by Gasteiger charge is -2.23. The Balaban J connectivity index is 1.92. The fraction of sp³-hybridized carbons (Fsp3) is 0.500. The molecule has 0 saturated heterocycles. The Kier molecular flexibility index (Phi) is 2.92. The Morgan fingerprint density at radius 3 is 2.29 bits per heavy atom. The smallest absolute Gasteiger partial charge is 0.115 e. The zero-order valence-electron chi connectivity index (χ0n) is 8.37. The summed E-state index contributed by atoms with van der Waals surface area (Å²) in [5, 5.41) is 12.6. The molecule has 0 amide bonds. The van der Waals surface area contributed by atoms with Crippen LogP contribution in [0.2, 0.25) is 0 Å². The maximum absolute atomic E-state index is 9.13. The molecule has 0 aliphatic heterocycles. The predicted molar refractivity (Wildman–Crippen MR) is 58.6 cm³/mol. The van der Waals surface area contributed by atoms with Crippen molar-refractivity contribution in [2.75, 3.05) is 5.32 Å². The lowest BCUT2D eigenvalue weighted by atomic mass is 9.95.